The molecule has 0 unspecified atom stereocenters. The van der Waals surface area contributed by atoms with Gasteiger partial charge in [-0.15, -0.1) is 0 Å². The molecule has 16 heavy (non-hydrogen) atoms. The van der Waals surface area contributed by atoms with Crippen LogP contribution in [0, 0.1) is 0 Å². The second-order valence-corrected chi connectivity index (χ2v) is 5.40. The molecule has 0 aromatic heterocycles. The molecule has 0 bridgehead atoms. The molecule has 1 saturated heterocycles. The highest BCUT2D eigenvalue weighted by molar-refractivity contribution is 7.54. The first-order chi connectivity index (χ1) is 7.07. The first kappa shape index (κ1) is 14.2. The van der Waals surface area contributed by atoms with Crippen molar-refractivity contribution in [2.24, 2.45) is 0 Å². The molecule has 1 heterocycles. The van der Waals surface area contributed by atoms with Crippen LogP contribution < -0.4 is 14.7 Å². The first-order valence-corrected chi connectivity index (χ1v) is 6.25. The number of hydrogen-bond acceptors (Lipinski definition) is 8. The molecule has 9 heteroatoms. The van der Waals surface area contributed by atoms with Crippen LogP contribution in [0.25, 0.3) is 0 Å². The van der Waals surface area contributed by atoms with Crippen molar-refractivity contribution in [3.05, 3.63) is 0 Å². The summed E-state index contributed by atoms with van der Waals surface area (Å²) in [4.78, 5) is 31.6. The molecule has 1 aliphatic rings. The van der Waals surface area contributed by atoms with E-state index in [2.05, 4.69) is 4.74 Å². The van der Waals surface area contributed by atoms with Crippen molar-refractivity contribution in [2.45, 2.75) is 37.1 Å². The summed E-state index contributed by atoms with van der Waals surface area (Å²) < 4.78 is 4.67. The Morgan fingerprint density at radius 2 is 1.69 bits per heavy atom. The van der Waals surface area contributed by atoms with Crippen LogP contribution in [0.1, 0.15) is 6.92 Å². The number of hydrogen-bond donors (Lipinski definition) is 4. The molecular formula is C7H13O8P-2. The highest BCUT2D eigenvalue weighted by Gasteiger charge is 2.52. The molecule has 0 saturated carbocycles. The molecule has 96 valence electrons. The van der Waals surface area contributed by atoms with Gasteiger partial charge in [-0.05, 0) is 6.92 Å². The third-order valence-electron chi connectivity index (χ3n) is 2.43. The monoisotopic (exact) mass is 256 g/mol. The molecule has 0 amide bonds. The fourth-order valence-corrected chi connectivity index (χ4v) is 2.42. The van der Waals surface area contributed by atoms with Gasteiger partial charge in [0.25, 0.3) is 0 Å². The second-order valence-electron chi connectivity index (χ2n) is 3.86. The first-order valence-electron chi connectivity index (χ1n) is 4.52. The summed E-state index contributed by atoms with van der Waals surface area (Å²) in [6.07, 6.45) is -7.84. The molecule has 0 aromatic rings. The van der Waals surface area contributed by atoms with Gasteiger partial charge in [0.2, 0.25) is 5.79 Å². The maximum Gasteiger partial charge on any atom is 0.229 e. The maximum absolute atomic E-state index is 10.5. The highest BCUT2D eigenvalue weighted by atomic mass is 31.2. The quantitative estimate of drug-likeness (QED) is 0.357. The smallest absolute Gasteiger partial charge is 0.229 e. The van der Waals surface area contributed by atoms with Crippen molar-refractivity contribution in [2.75, 3.05) is 6.16 Å². The SMILES string of the molecule is C[C@@H]1O[C@](O)(C[P+]([O-])([O-])[O-])[C@H](O)[C@H](O)[C@H]1O. The van der Waals surface area contributed by atoms with E-state index in [1.807, 2.05) is 0 Å². The minimum atomic E-state index is -5.14. The minimum Gasteiger partial charge on any atom is -0.688 e. The fourth-order valence-electron chi connectivity index (χ4n) is 1.60. The summed E-state index contributed by atoms with van der Waals surface area (Å²) >= 11 is 0. The average Bonchev–Trinajstić information content (AvgIpc) is 2.09. The lowest BCUT2D eigenvalue weighted by Gasteiger charge is -2.51. The predicted molar refractivity (Wildman–Crippen MR) is 45.3 cm³/mol. The fraction of sp³-hybridized carbons (Fsp3) is 1.00. The maximum atomic E-state index is 10.5. The summed E-state index contributed by atoms with van der Waals surface area (Å²) in [5, 5.41) is 37.6. The zero-order valence-corrected chi connectivity index (χ0v) is 9.28. The van der Waals surface area contributed by atoms with E-state index in [-0.39, 0.29) is 0 Å². The summed E-state index contributed by atoms with van der Waals surface area (Å²) in [6, 6.07) is 0. The van der Waals surface area contributed by atoms with Crippen LogP contribution in [0.2, 0.25) is 0 Å². The largest absolute Gasteiger partial charge is 0.688 e. The van der Waals surface area contributed by atoms with Crippen molar-refractivity contribution in [3.8, 4) is 0 Å². The van der Waals surface area contributed by atoms with Crippen molar-refractivity contribution in [1.29, 1.82) is 0 Å². The van der Waals surface area contributed by atoms with Gasteiger partial charge in [-0.3, -0.25) is 0 Å². The van der Waals surface area contributed by atoms with Gasteiger partial charge in [0.1, 0.15) is 18.3 Å². The van der Waals surface area contributed by atoms with Crippen molar-refractivity contribution >= 4 is 7.94 Å². The lowest BCUT2D eigenvalue weighted by Crippen LogP contribution is -2.66. The lowest BCUT2D eigenvalue weighted by atomic mass is 9.94. The van der Waals surface area contributed by atoms with Gasteiger partial charge in [0.15, 0.2) is 0 Å². The molecule has 0 radical (unpaired) electrons. The van der Waals surface area contributed by atoms with E-state index in [9.17, 15) is 35.1 Å². The zero-order chi connectivity index (χ0) is 12.7. The topological polar surface area (TPSA) is 159 Å². The predicted octanol–water partition coefficient (Wildman–Crippen LogP) is -4.98. The van der Waals surface area contributed by atoms with Gasteiger partial charge >= 0.3 is 0 Å². The molecule has 1 fully saturated rings. The van der Waals surface area contributed by atoms with Crippen molar-refractivity contribution in [1.82, 2.24) is 0 Å². The van der Waals surface area contributed by atoms with Gasteiger partial charge < -0.3 is 39.8 Å². The van der Waals surface area contributed by atoms with Crippen LogP contribution >= 0.6 is 7.94 Å². The Bertz CT molecular complexity index is 255. The standard InChI is InChI=1S/C7H15O8P/c1-3-4(8)5(9)6(10)7(11,15-3)2-16(12,13)14/h3-6,8-11H,2H2,1H3,(H2,12,13,14)/p-2/t3-,4-,5+,6+,7+/m0/s1. The Morgan fingerprint density at radius 1 is 1.19 bits per heavy atom. The number of ether oxygens (including phenoxy) is 1. The number of aliphatic hydroxyl groups excluding tert-OH is 3. The molecule has 0 aromatic carbocycles. The Balaban J connectivity index is 2.87. The summed E-state index contributed by atoms with van der Waals surface area (Å²) in [7, 11) is -5.14. The van der Waals surface area contributed by atoms with Crippen LogP contribution in [-0.4, -0.2) is 56.8 Å². The van der Waals surface area contributed by atoms with Gasteiger partial charge in [0, 0.05) is 0 Å². The second kappa shape index (κ2) is 4.41. The number of aliphatic hydroxyl groups is 4. The third-order valence-corrected chi connectivity index (χ3v) is 3.27. The minimum absolute atomic E-state index is 1.12. The van der Waals surface area contributed by atoms with E-state index in [0.29, 0.717) is 0 Å². The van der Waals surface area contributed by atoms with Gasteiger partial charge in [-0.1, -0.05) is 0 Å². The summed E-state index contributed by atoms with van der Waals surface area (Å²) in [6.45, 7) is 1.26. The van der Waals surface area contributed by atoms with Crippen LogP contribution in [0.15, 0.2) is 0 Å². The molecule has 0 spiro atoms. The Morgan fingerprint density at radius 3 is 2.12 bits per heavy atom. The van der Waals surface area contributed by atoms with E-state index >= 15 is 0 Å². The van der Waals surface area contributed by atoms with Crippen molar-refractivity contribution < 1.29 is 39.8 Å². The van der Waals surface area contributed by atoms with E-state index in [0.717, 1.165) is 0 Å². The van der Waals surface area contributed by atoms with E-state index in [1.54, 1.807) is 0 Å². The molecule has 4 N–H and O–H groups in total. The summed E-state index contributed by atoms with van der Waals surface area (Å²) in [5.41, 5.74) is 0. The van der Waals surface area contributed by atoms with Crippen LogP contribution in [0.4, 0.5) is 0 Å². The Kier molecular flexibility index (Phi) is 3.91. The Hall–Kier alpha value is 0.110. The molecule has 8 nitrogen and oxygen atoms in total. The van der Waals surface area contributed by atoms with E-state index in [4.69, 9.17) is 0 Å². The number of rotatable bonds is 2. The highest BCUT2D eigenvalue weighted by Crippen LogP contribution is 2.39. The molecular weight excluding hydrogens is 243 g/mol. The molecule has 0 aliphatic carbocycles. The van der Waals surface area contributed by atoms with Gasteiger partial charge in [-0.2, -0.15) is 7.94 Å². The summed E-state index contributed by atoms with van der Waals surface area (Å²) in [5.74, 6) is -2.70. The van der Waals surface area contributed by atoms with Crippen LogP contribution in [0.5, 0.6) is 0 Å². The van der Waals surface area contributed by atoms with Crippen LogP contribution in [-0.2, 0) is 4.74 Å². The van der Waals surface area contributed by atoms with E-state index < -0.39 is 44.3 Å². The van der Waals surface area contributed by atoms with Crippen LogP contribution in [0.3, 0.4) is 0 Å². The molecule has 5 atom stereocenters. The third kappa shape index (κ3) is 2.86. The Labute approximate surface area is 91.9 Å². The lowest BCUT2D eigenvalue weighted by molar-refractivity contribution is -0.435. The van der Waals surface area contributed by atoms with E-state index in [1.165, 1.54) is 6.92 Å². The average molecular weight is 256 g/mol. The van der Waals surface area contributed by atoms with Gasteiger partial charge in [0.05, 0.1) is 12.3 Å². The molecule has 1 aliphatic heterocycles. The normalized spacial score (nSPS) is 45.8. The van der Waals surface area contributed by atoms with Gasteiger partial charge in [-0.25, -0.2) is 0 Å². The molecule has 1 rings (SSSR count). The van der Waals surface area contributed by atoms with Crippen molar-refractivity contribution in [3.63, 3.8) is 0 Å². The zero-order valence-electron chi connectivity index (χ0n) is 8.39.